The Labute approximate surface area is 97.3 Å². The Bertz CT molecular complexity index is 191. The van der Waals surface area contributed by atoms with Crippen LogP contribution in [0.1, 0.15) is 52.4 Å². The van der Waals surface area contributed by atoms with Crippen LogP contribution in [0.25, 0.3) is 0 Å². The maximum absolute atomic E-state index is 11.3. The lowest BCUT2D eigenvalue weighted by Crippen LogP contribution is -2.14. The molecule has 1 atom stereocenters. The second-order valence-electron chi connectivity index (χ2n) is 3.73. The largest absolute Gasteiger partial charge is 0.466 e. The van der Waals surface area contributed by atoms with Gasteiger partial charge < -0.3 is 9.47 Å². The summed E-state index contributed by atoms with van der Waals surface area (Å²) in [6.45, 7) is 4.95. The Morgan fingerprint density at radius 2 is 2.06 bits per heavy atom. The van der Waals surface area contributed by atoms with E-state index in [4.69, 9.17) is 9.47 Å². The summed E-state index contributed by atoms with van der Waals surface area (Å²) >= 11 is 0. The van der Waals surface area contributed by atoms with Gasteiger partial charge in [0, 0.05) is 6.42 Å². The molecule has 94 valence electrons. The van der Waals surface area contributed by atoms with Crippen molar-refractivity contribution in [3.8, 4) is 0 Å². The van der Waals surface area contributed by atoms with E-state index < -0.39 is 0 Å². The standard InChI is InChI=1S/C12H22O4/c1-3-5-6-9-15-12(14)8-7-11(4-2)16-10-13/h10-11H,3-9H2,1-2H3. The predicted octanol–water partition coefficient (Wildman–Crippen LogP) is 2.45. The van der Waals surface area contributed by atoms with Crippen LogP contribution in [0.3, 0.4) is 0 Å². The molecule has 4 heteroatoms. The minimum absolute atomic E-state index is 0.166. The third kappa shape index (κ3) is 8.26. The Hall–Kier alpha value is -1.06. The monoisotopic (exact) mass is 230 g/mol. The molecule has 4 nitrogen and oxygen atoms in total. The van der Waals surface area contributed by atoms with Crippen molar-refractivity contribution in [3.63, 3.8) is 0 Å². The van der Waals surface area contributed by atoms with Crippen LogP contribution in [0.4, 0.5) is 0 Å². The molecular formula is C12H22O4. The highest BCUT2D eigenvalue weighted by atomic mass is 16.5. The molecule has 0 bridgehead atoms. The van der Waals surface area contributed by atoms with Crippen molar-refractivity contribution in [2.24, 2.45) is 0 Å². The smallest absolute Gasteiger partial charge is 0.305 e. The van der Waals surface area contributed by atoms with E-state index >= 15 is 0 Å². The van der Waals surface area contributed by atoms with Gasteiger partial charge in [-0.15, -0.1) is 0 Å². The second-order valence-corrected chi connectivity index (χ2v) is 3.73. The molecule has 0 radical (unpaired) electrons. The fourth-order valence-corrected chi connectivity index (χ4v) is 1.34. The molecule has 0 N–H and O–H groups in total. The van der Waals surface area contributed by atoms with Crippen LogP contribution in [0.2, 0.25) is 0 Å². The quantitative estimate of drug-likeness (QED) is 0.328. The van der Waals surface area contributed by atoms with Gasteiger partial charge in [0.05, 0.1) is 6.61 Å². The summed E-state index contributed by atoms with van der Waals surface area (Å²) in [5, 5.41) is 0. The van der Waals surface area contributed by atoms with Crippen molar-refractivity contribution in [2.45, 2.75) is 58.5 Å². The van der Waals surface area contributed by atoms with E-state index in [1.807, 2.05) is 6.92 Å². The zero-order chi connectivity index (χ0) is 12.2. The van der Waals surface area contributed by atoms with Gasteiger partial charge in [0.2, 0.25) is 0 Å². The lowest BCUT2D eigenvalue weighted by atomic mass is 10.1. The van der Waals surface area contributed by atoms with Gasteiger partial charge in [-0.1, -0.05) is 26.7 Å². The third-order valence-electron chi connectivity index (χ3n) is 2.38. The van der Waals surface area contributed by atoms with E-state index in [0.29, 0.717) is 25.9 Å². The number of unbranched alkanes of at least 4 members (excludes halogenated alkanes) is 2. The molecule has 0 aliphatic heterocycles. The highest BCUT2D eigenvalue weighted by Gasteiger charge is 2.10. The van der Waals surface area contributed by atoms with Gasteiger partial charge in [-0.3, -0.25) is 9.59 Å². The highest BCUT2D eigenvalue weighted by Crippen LogP contribution is 2.06. The number of hydrogen-bond donors (Lipinski definition) is 0. The van der Waals surface area contributed by atoms with Crippen LogP contribution < -0.4 is 0 Å². The first-order valence-electron chi connectivity index (χ1n) is 5.99. The van der Waals surface area contributed by atoms with E-state index in [9.17, 15) is 9.59 Å². The first-order valence-corrected chi connectivity index (χ1v) is 5.99. The number of ether oxygens (including phenoxy) is 2. The van der Waals surface area contributed by atoms with E-state index in [1.165, 1.54) is 0 Å². The molecule has 0 amide bonds. The molecule has 0 fully saturated rings. The zero-order valence-electron chi connectivity index (χ0n) is 10.2. The Morgan fingerprint density at radius 1 is 1.31 bits per heavy atom. The third-order valence-corrected chi connectivity index (χ3v) is 2.38. The average Bonchev–Trinajstić information content (AvgIpc) is 2.30. The number of esters is 1. The van der Waals surface area contributed by atoms with E-state index in [-0.39, 0.29) is 12.1 Å². The van der Waals surface area contributed by atoms with Crippen molar-refractivity contribution < 1.29 is 19.1 Å². The van der Waals surface area contributed by atoms with Gasteiger partial charge in [-0.25, -0.2) is 0 Å². The molecule has 0 aliphatic rings. The number of carbonyl (C=O) groups is 2. The SMILES string of the molecule is CCCCCOC(=O)CCC(CC)OC=O. The first kappa shape index (κ1) is 14.9. The van der Waals surface area contributed by atoms with Crippen molar-refractivity contribution in [2.75, 3.05) is 6.61 Å². The summed E-state index contributed by atoms with van der Waals surface area (Å²) < 4.78 is 9.83. The molecule has 0 spiro atoms. The van der Waals surface area contributed by atoms with Crippen LogP contribution in [-0.2, 0) is 19.1 Å². The minimum Gasteiger partial charge on any atom is -0.466 e. The zero-order valence-corrected chi connectivity index (χ0v) is 10.2. The summed E-state index contributed by atoms with van der Waals surface area (Å²) in [5.74, 6) is -0.205. The fraction of sp³-hybridized carbons (Fsp3) is 0.833. The van der Waals surface area contributed by atoms with Crippen molar-refractivity contribution in [1.29, 1.82) is 0 Å². The van der Waals surface area contributed by atoms with E-state index in [2.05, 4.69) is 6.92 Å². The topological polar surface area (TPSA) is 52.6 Å². The fourth-order valence-electron chi connectivity index (χ4n) is 1.34. The number of hydrogen-bond acceptors (Lipinski definition) is 4. The van der Waals surface area contributed by atoms with Gasteiger partial charge in [-0.05, 0) is 19.3 Å². The average molecular weight is 230 g/mol. The van der Waals surface area contributed by atoms with Crippen molar-refractivity contribution >= 4 is 12.4 Å². The molecule has 0 aromatic heterocycles. The molecule has 0 aromatic rings. The van der Waals surface area contributed by atoms with Crippen LogP contribution >= 0.6 is 0 Å². The number of rotatable bonds is 10. The maximum Gasteiger partial charge on any atom is 0.305 e. The summed E-state index contributed by atoms with van der Waals surface area (Å²) in [7, 11) is 0. The Morgan fingerprint density at radius 3 is 2.62 bits per heavy atom. The molecule has 0 aliphatic carbocycles. The molecule has 16 heavy (non-hydrogen) atoms. The van der Waals surface area contributed by atoms with Gasteiger partial charge in [0.15, 0.2) is 0 Å². The van der Waals surface area contributed by atoms with Crippen LogP contribution in [0.15, 0.2) is 0 Å². The van der Waals surface area contributed by atoms with Crippen molar-refractivity contribution in [3.05, 3.63) is 0 Å². The predicted molar refractivity (Wildman–Crippen MR) is 60.9 cm³/mol. The Balaban J connectivity index is 3.51. The summed E-state index contributed by atoms with van der Waals surface area (Å²) in [4.78, 5) is 21.4. The highest BCUT2D eigenvalue weighted by molar-refractivity contribution is 5.69. The summed E-state index contributed by atoms with van der Waals surface area (Å²) in [6, 6.07) is 0. The van der Waals surface area contributed by atoms with Crippen LogP contribution in [0, 0.1) is 0 Å². The van der Waals surface area contributed by atoms with Crippen molar-refractivity contribution in [1.82, 2.24) is 0 Å². The van der Waals surface area contributed by atoms with Gasteiger partial charge in [-0.2, -0.15) is 0 Å². The molecule has 1 unspecified atom stereocenters. The lowest BCUT2D eigenvalue weighted by molar-refractivity contribution is -0.146. The number of carbonyl (C=O) groups excluding carboxylic acids is 2. The van der Waals surface area contributed by atoms with Gasteiger partial charge >= 0.3 is 5.97 Å². The lowest BCUT2D eigenvalue weighted by Gasteiger charge is -2.11. The summed E-state index contributed by atoms with van der Waals surface area (Å²) in [6.07, 6.45) is 4.54. The minimum atomic E-state index is -0.205. The molecule has 0 saturated carbocycles. The molecule has 0 saturated heterocycles. The molecular weight excluding hydrogens is 208 g/mol. The Kier molecular flexibility index (Phi) is 9.76. The first-order chi connectivity index (χ1) is 7.74. The molecule has 0 aromatic carbocycles. The molecule has 0 rings (SSSR count). The normalized spacial score (nSPS) is 11.9. The summed E-state index contributed by atoms with van der Waals surface area (Å²) in [5.41, 5.74) is 0. The van der Waals surface area contributed by atoms with Gasteiger partial charge in [0.1, 0.15) is 6.10 Å². The molecule has 0 heterocycles. The maximum atomic E-state index is 11.3. The van der Waals surface area contributed by atoms with Gasteiger partial charge in [0.25, 0.3) is 6.47 Å². The second kappa shape index (κ2) is 10.5. The van der Waals surface area contributed by atoms with E-state index in [1.54, 1.807) is 0 Å². The van der Waals surface area contributed by atoms with Crippen LogP contribution in [-0.4, -0.2) is 25.2 Å². The van der Waals surface area contributed by atoms with E-state index in [0.717, 1.165) is 25.7 Å². The van der Waals surface area contributed by atoms with Crippen LogP contribution in [0.5, 0.6) is 0 Å².